The van der Waals surface area contributed by atoms with Gasteiger partial charge in [-0.15, -0.1) is 18.2 Å². The number of oxime groups is 1. The average Bonchev–Trinajstić information content (AvgIpc) is 3.06. The van der Waals surface area contributed by atoms with E-state index in [1.807, 2.05) is 13.8 Å². The van der Waals surface area contributed by atoms with Crippen molar-refractivity contribution < 1.29 is 39.2 Å². The Hall–Kier alpha value is -2.79. The average molecular weight is 663 g/mol. The van der Waals surface area contributed by atoms with E-state index in [1.165, 1.54) is 0 Å². The molecule has 11 heteroatoms. The van der Waals surface area contributed by atoms with Crippen LogP contribution >= 0.6 is 11.6 Å². The lowest BCUT2D eigenvalue weighted by Crippen LogP contribution is -2.70. The molecule has 46 heavy (non-hydrogen) atoms. The third-order valence-electron chi connectivity index (χ3n) is 9.34. The van der Waals surface area contributed by atoms with Gasteiger partial charge in [0.1, 0.15) is 30.8 Å². The predicted molar refractivity (Wildman–Crippen MR) is 177 cm³/mol. The second kappa shape index (κ2) is 17.4. The van der Waals surface area contributed by atoms with E-state index < -0.39 is 23.8 Å². The molecule has 1 fully saturated rings. The van der Waals surface area contributed by atoms with Crippen molar-refractivity contribution in [1.29, 1.82) is 0 Å². The van der Waals surface area contributed by atoms with Crippen LogP contribution in [0.5, 0.6) is 11.5 Å². The summed E-state index contributed by atoms with van der Waals surface area (Å²) in [7, 11) is 0. The summed E-state index contributed by atoms with van der Waals surface area (Å²) in [5.74, 6) is -0.850. The number of aliphatic hydroxyl groups is 2. The molecule has 256 valence electrons. The van der Waals surface area contributed by atoms with Gasteiger partial charge < -0.3 is 34.4 Å². The van der Waals surface area contributed by atoms with Gasteiger partial charge in [-0.3, -0.25) is 4.90 Å². The van der Waals surface area contributed by atoms with Crippen LogP contribution in [0.3, 0.4) is 0 Å². The van der Waals surface area contributed by atoms with Crippen LogP contribution < -0.4 is 4.74 Å². The van der Waals surface area contributed by atoms with E-state index in [-0.39, 0.29) is 55.8 Å². The second-order valence-corrected chi connectivity index (χ2v) is 12.6. The third kappa shape index (κ3) is 7.67. The first-order chi connectivity index (χ1) is 22.4. The van der Waals surface area contributed by atoms with Crippen molar-refractivity contribution in [3.05, 3.63) is 48.1 Å². The van der Waals surface area contributed by atoms with Crippen LogP contribution in [0.2, 0.25) is 0 Å². The molecule has 3 aliphatic rings. The van der Waals surface area contributed by atoms with Gasteiger partial charge in [-0.05, 0) is 74.6 Å². The molecule has 6 atom stereocenters. The molecule has 2 aliphatic carbocycles. The molecule has 4 rings (SSSR count). The van der Waals surface area contributed by atoms with Crippen LogP contribution in [0.4, 0.5) is 4.79 Å². The van der Waals surface area contributed by atoms with Crippen LogP contribution in [-0.2, 0) is 14.3 Å². The maximum atomic E-state index is 13.7. The molecule has 3 N–H and O–H groups in total. The summed E-state index contributed by atoms with van der Waals surface area (Å²) in [6, 6.07) is 4.52. The van der Waals surface area contributed by atoms with Crippen molar-refractivity contribution in [2.45, 2.75) is 83.0 Å². The van der Waals surface area contributed by atoms with Gasteiger partial charge in [0.15, 0.2) is 0 Å². The molecule has 1 heterocycles. The Kier molecular flexibility index (Phi) is 13.6. The molecule has 0 saturated heterocycles. The molecular weight excluding hydrogens is 612 g/mol. The first-order valence-electron chi connectivity index (χ1n) is 16.8. The Morgan fingerprint density at radius 1 is 1.20 bits per heavy atom. The van der Waals surface area contributed by atoms with Crippen LogP contribution in [-0.4, -0.2) is 89.3 Å². The van der Waals surface area contributed by atoms with E-state index in [0.717, 1.165) is 42.5 Å². The number of rotatable bonds is 18. The molecule has 0 unspecified atom stereocenters. The fraction of sp³-hybridized carbons (Fsp3) is 0.657. The van der Waals surface area contributed by atoms with Crippen molar-refractivity contribution in [2.75, 3.05) is 45.5 Å². The van der Waals surface area contributed by atoms with E-state index in [0.29, 0.717) is 44.6 Å². The molecule has 1 saturated carbocycles. The summed E-state index contributed by atoms with van der Waals surface area (Å²) >= 11 is 5.91. The number of aromatic hydroxyl groups is 1. The third-order valence-corrected chi connectivity index (χ3v) is 9.49. The Labute approximate surface area is 278 Å². The van der Waals surface area contributed by atoms with Gasteiger partial charge >= 0.3 is 6.09 Å². The van der Waals surface area contributed by atoms with Gasteiger partial charge in [-0.1, -0.05) is 37.1 Å². The SMILES string of the molecule is C=CCO[C@@]12Oc3ccc(O)cc3[C@H]3[C@H](CCCCO)[C@@H](CCCCO)C=C(C(=NOCC)C[C@@H]1N(CCC)C(=O)OCCCl)[C@H]32. The molecule has 10 nitrogen and oxygen atoms in total. The minimum atomic E-state index is -1.35. The van der Waals surface area contributed by atoms with Crippen molar-refractivity contribution in [2.24, 2.45) is 22.9 Å². The second-order valence-electron chi connectivity index (χ2n) is 12.2. The largest absolute Gasteiger partial charge is 0.508 e. The van der Waals surface area contributed by atoms with Crippen molar-refractivity contribution in [3.8, 4) is 11.5 Å². The first-order valence-corrected chi connectivity index (χ1v) is 17.3. The minimum Gasteiger partial charge on any atom is -0.508 e. The molecule has 0 bridgehead atoms. The number of allylic oxidation sites excluding steroid dienone is 1. The summed E-state index contributed by atoms with van der Waals surface area (Å²) in [5.41, 5.74) is 2.54. The van der Waals surface area contributed by atoms with Gasteiger partial charge in [-0.2, -0.15) is 0 Å². The number of nitrogens with zero attached hydrogens (tertiary/aromatic N) is 2. The summed E-state index contributed by atoms with van der Waals surface area (Å²) in [5, 5.41) is 34.7. The number of carbonyl (C=O) groups excluding carboxylic acids is 1. The van der Waals surface area contributed by atoms with Crippen molar-refractivity contribution >= 4 is 23.4 Å². The number of fused-ring (bicyclic) bond motifs is 2. The topological polar surface area (TPSA) is 130 Å². The van der Waals surface area contributed by atoms with Crippen LogP contribution in [0.1, 0.15) is 76.7 Å². The molecular formula is C35H51ClN2O8. The number of unbranched alkanes of at least 4 members (excludes halogenated alkanes) is 2. The van der Waals surface area contributed by atoms with E-state index in [4.69, 9.17) is 30.6 Å². The molecule has 0 spiro atoms. The zero-order valence-corrected chi connectivity index (χ0v) is 28.0. The standard InChI is InChI=1S/C35H51ClN2O8/c1-4-16-38(34(42)43-20-15-36)31-23-29(37-45-6-3)27-21-24(11-7-9-17-39)26(12-8-10-18-40)32-28-22-25(41)13-14-30(28)46-35(31,33(27)32)44-19-5-2/h5,13-14,21-22,24,26,31-33,39-41H,2,4,6-12,15-20,23H2,1,3H3/t24-,26+,31-,32+,33+,35+/m0/s1. The maximum Gasteiger partial charge on any atom is 0.410 e. The van der Waals surface area contributed by atoms with Crippen LogP contribution in [0, 0.1) is 17.8 Å². The molecule has 0 aromatic heterocycles. The highest BCUT2D eigenvalue weighted by Gasteiger charge is 2.65. The van der Waals surface area contributed by atoms with Gasteiger partial charge in [0.2, 0.25) is 5.79 Å². The zero-order chi connectivity index (χ0) is 33.1. The number of alkyl halides is 1. The smallest absolute Gasteiger partial charge is 0.410 e. The summed E-state index contributed by atoms with van der Waals surface area (Å²) < 4.78 is 19.4. The molecule has 1 aliphatic heterocycles. The van der Waals surface area contributed by atoms with Gasteiger partial charge in [0.05, 0.1) is 24.1 Å². The number of hydrogen-bond donors (Lipinski definition) is 3. The summed E-state index contributed by atoms with van der Waals surface area (Å²) in [6.07, 6.45) is 9.13. The highest BCUT2D eigenvalue weighted by molar-refractivity contribution is 6.18. The van der Waals surface area contributed by atoms with E-state index in [1.54, 1.807) is 29.2 Å². The predicted octanol–water partition coefficient (Wildman–Crippen LogP) is 6.13. The fourth-order valence-corrected chi connectivity index (χ4v) is 7.70. The van der Waals surface area contributed by atoms with Gasteiger partial charge in [0.25, 0.3) is 0 Å². The minimum absolute atomic E-state index is 0.0658. The Morgan fingerprint density at radius 2 is 1.96 bits per heavy atom. The Bertz CT molecular complexity index is 1220. The number of phenolic OH excluding ortho intramolecular Hbond substituents is 1. The Morgan fingerprint density at radius 3 is 2.63 bits per heavy atom. The fourth-order valence-electron chi connectivity index (χ4n) is 7.62. The summed E-state index contributed by atoms with van der Waals surface area (Å²) in [4.78, 5) is 21.1. The number of benzene rings is 1. The lowest BCUT2D eigenvalue weighted by atomic mass is 9.55. The lowest BCUT2D eigenvalue weighted by Gasteiger charge is -2.59. The number of carbonyl (C=O) groups is 1. The van der Waals surface area contributed by atoms with Crippen LogP contribution in [0.25, 0.3) is 0 Å². The normalized spacial score (nSPS) is 27.2. The maximum absolute atomic E-state index is 13.7. The number of amides is 1. The van der Waals surface area contributed by atoms with E-state index in [9.17, 15) is 20.1 Å². The highest BCUT2D eigenvalue weighted by atomic mass is 35.5. The number of aliphatic hydroxyl groups excluding tert-OH is 2. The molecule has 1 amide bonds. The van der Waals surface area contributed by atoms with Gasteiger partial charge in [-0.25, -0.2) is 4.79 Å². The van der Waals surface area contributed by atoms with Gasteiger partial charge in [0, 0.05) is 37.7 Å². The summed E-state index contributed by atoms with van der Waals surface area (Å²) in [6.45, 7) is 9.04. The first kappa shape index (κ1) is 36.1. The molecule has 1 aromatic rings. The van der Waals surface area contributed by atoms with E-state index >= 15 is 0 Å². The van der Waals surface area contributed by atoms with Crippen molar-refractivity contribution in [3.63, 3.8) is 0 Å². The molecule has 1 aromatic carbocycles. The number of hydrogen-bond acceptors (Lipinski definition) is 9. The van der Waals surface area contributed by atoms with Crippen LogP contribution in [0.15, 0.2) is 47.7 Å². The van der Waals surface area contributed by atoms with Crippen molar-refractivity contribution in [1.82, 2.24) is 4.90 Å². The molecule has 0 radical (unpaired) electrons. The lowest BCUT2D eigenvalue weighted by molar-refractivity contribution is -0.255. The quantitative estimate of drug-likeness (QED) is 0.0741. The number of phenols is 1. The monoisotopic (exact) mass is 662 g/mol. The van der Waals surface area contributed by atoms with E-state index in [2.05, 4.69) is 17.8 Å². The Balaban J connectivity index is 2.00. The zero-order valence-electron chi connectivity index (χ0n) is 27.2. The number of ether oxygens (including phenoxy) is 3. The number of halogens is 1. The highest BCUT2D eigenvalue weighted by Crippen LogP contribution is 2.61.